The number of amides is 2. The number of thiophene rings is 1. The monoisotopic (exact) mass is 540 g/mol. The number of nitrogens with one attached hydrogen (secondary N) is 1. The molecule has 0 atom stereocenters. The Labute approximate surface area is 229 Å². The Morgan fingerprint density at radius 3 is 2.54 bits per heavy atom. The molecule has 0 aliphatic carbocycles. The highest BCUT2D eigenvalue weighted by molar-refractivity contribution is 7.08. The molecule has 39 heavy (non-hydrogen) atoms. The first-order valence-corrected chi connectivity index (χ1v) is 13.3. The summed E-state index contributed by atoms with van der Waals surface area (Å²) in [4.78, 5) is 34.2. The Morgan fingerprint density at radius 2 is 1.85 bits per heavy atom. The van der Waals surface area contributed by atoms with E-state index in [2.05, 4.69) is 26.8 Å². The molecule has 0 saturated heterocycles. The molecule has 0 radical (unpaired) electrons. The first-order valence-electron chi connectivity index (χ1n) is 12.4. The number of carbonyl (C=O) groups excluding carboxylic acids is 1. The zero-order valence-corrected chi connectivity index (χ0v) is 22.2. The molecular formula is C29H28N6O3S. The Hall–Kier alpha value is -4.70. The summed E-state index contributed by atoms with van der Waals surface area (Å²) in [6.07, 6.45) is -1.05. The van der Waals surface area contributed by atoms with E-state index in [1.807, 2.05) is 60.0 Å². The van der Waals surface area contributed by atoms with Gasteiger partial charge >= 0.3 is 6.09 Å². The van der Waals surface area contributed by atoms with Gasteiger partial charge in [-0.05, 0) is 35.6 Å². The van der Waals surface area contributed by atoms with Gasteiger partial charge in [0.05, 0.1) is 11.0 Å². The number of anilines is 1. The standard InChI is InChI=1S/C29H28N6O3S/c1-18(2)28(36)31-12-13-34(29(37)38)15-19-7-9-20(10-8-19)16-35-25-22-5-3-4-6-23(22)32-26(30)24(25)33-27(35)21-11-14-39-17-21/h3-11,14,17H,1,12-13,15-16H2,2H3,(H2,30,32)(H,31,36)(H,37,38). The summed E-state index contributed by atoms with van der Waals surface area (Å²) in [5.41, 5.74) is 12.0. The smallest absolute Gasteiger partial charge is 0.407 e. The van der Waals surface area contributed by atoms with Crippen LogP contribution >= 0.6 is 11.3 Å². The van der Waals surface area contributed by atoms with E-state index in [1.54, 1.807) is 18.3 Å². The van der Waals surface area contributed by atoms with Gasteiger partial charge < -0.3 is 25.6 Å². The average Bonchev–Trinajstić information content (AvgIpc) is 3.58. The highest BCUT2D eigenvalue weighted by Crippen LogP contribution is 2.33. The molecule has 0 aliphatic rings. The van der Waals surface area contributed by atoms with Gasteiger partial charge in [-0.3, -0.25) is 4.79 Å². The predicted molar refractivity (Wildman–Crippen MR) is 155 cm³/mol. The number of benzene rings is 2. The highest BCUT2D eigenvalue weighted by Gasteiger charge is 2.19. The number of fused-ring (bicyclic) bond motifs is 3. The van der Waals surface area contributed by atoms with Crippen LogP contribution in [0.3, 0.4) is 0 Å². The predicted octanol–water partition coefficient (Wildman–Crippen LogP) is 5.12. The van der Waals surface area contributed by atoms with Gasteiger partial charge in [0.25, 0.3) is 0 Å². The largest absolute Gasteiger partial charge is 0.465 e. The number of nitrogens with zero attached hydrogens (tertiary/aromatic N) is 4. The molecule has 198 valence electrons. The summed E-state index contributed by atoms with van der Waals surface area (Å²) >= 11 is 1.61. The molecule has 0 spiro atoms. The first-order chi connectivity index (χ1) is 18.8. The van der Waals surface area contributed by atoms with Gasteiger partial charge in [-0.25, -0.2) is 14.8 Å². The lowest BCUT2D eigenvalue weighted by molar-refractivity contribution is -0.117. The maximum absolute atomic E-state index is 11.8. The Morgan fingerprint density at radius 1 is 1.10 bits per heavy atom. The van der Waals surface area contributed by atoms with E-state index in [0.29, 0.717) is 23.5 Å². The van der Waals surface area contributed by atoms with Crippen LogP contribution in [0.2, 0.25) is 0 Å². The molecular weight excluding hydrogens is 512 g/mol. The van der Waals surface area contributed by atoms with E-state index in [9.17, 15) is 14.7 Å². The SMILES string of the molecule is C=C(C)C(=O)NCCN(Cc1ccc(Cn2c(-c3ccsc3)nc3c(N)nc4ccccc4c32)cc1)C(=O)O. The van der Waals surface area contributed by atoms with Crippen molar-refractivity contribution in [2.24, 2.45) is 0 Å². The lowest BCUT2D eigenvalue weighted by atomic mass is 10.1. The van der Waals surface area contributed by atoms with Crippen molar-refractivity contribution < 1.29 is 14.7 Å². The summed E-state index contributed by atoms with van der Waals surface area (Å²) in [7, 11) is 0. The van der Waals surface area contributed by atoms with Crippen LogP contribution in [0.4, 0.5) is 10.6 Å². The molecule has 2 aromatic carbocycles. The van der Waals surface area contributed by atoms with Crippen LogP contribution < -0.4 is 11.1 Å². The fourth-order valence-corrected chi connectivity index (χ4v) is 5.11. The number of para-hydroxylation sites is 1. The van der Waals surface area contributed by atoms with Crippen LogP contribution in [-0.4, -0.2) is 49.6 Å². The Balaban J connectivity index is 1.42. The third-order valence-electron chi connectivity index (χ3n) is 6.45. The topological polar surface area (TPSA) is 126 Å². The van der Waals surface area contributed by atoms with Crippen molar-refractivity contribution >= 4 is 51.1 Å². The van der Waals surface area contributed by atoms with Gasteiger partial charge in [0.15, 0.2) is 5.82 Å². The molecule has 0 unspecified atom stereocenters. The maximum atomic E-state index is 11.8. The number of nitrogens with two attached hydrogens (primary N) is 1. The number of nitrogen functional groups attached to an aromatic ring is 1. The van der Waals surface area contributed by atoms with E-state index in [4.69, 9.17) is 10.7 Å². The molecule has 0 aliphatic heterocycles. The molecule has 0 fully saturated rings. The van der Waals surface area contributed by atoms with Crippen LogP contribution in [-0.2, 0) is 17.9 Å². The molecule has 2 amide bonds. The number of imidazole rings is 1. The lowest BCUT2D eigenvalue weighted by Crippen LogP contribution is -2.37. The van der Waals surface area contributed by atoms with E-state index >= 15 is 0 Å². The van der Waals surface area contributed by atoms with Crippen LogP contribution in [0, 0.1) is 0 Å². The number of hydrogen-bond donors (Lipinski definition) is 3. The molecule has 5 aromatic rings. The highest BCUT2D eigenvalue weighted by atomic mass is 32.1. The van der Waals surface area contributed by atoms with Crippen LogP contribution in [0.5, 0.6) is 0 Å². The van der Waals surface area contributed by atoms with Crippen molar-refractivity contribution in [1.29, 1.82) is 0 Å². The number of pyridine rings is 1. The van der Waals surface area contributed by atoms with E-state index in [-0.39, 0.29) is 25.5 Å². The number of hydrogen-bond acceptors (Lipinski definition) is 6. The summed E-state index contributed by atoms with van der Waals surface area (Å²) < 4.78 is 2.17. The second-order valence-electron chi connectivity index (χ2n) is 9.30. The average molecular weight is 541 g/mol. The molecule has 10 heteroatoms. The third kappa shape index (κ3) is 5.46. The summed E-state index contributed by atoms with van der Waals surface area (Å²) in [6, 6.07) is 17.8. The second-order valence-corrected chi connectivity index (χ2v) is 10.1. The van der Waals surface area contributed by atoms with Crippen molar-refractivity contribution in [3.8, 4) is 11.4 Å². The molecule has 3 aromatic heterocycles. The molecule has 0 saturated carbocycles. The van der Waals surface area contributed by atoms with Gasteiger partial charge in [-0.1, -0.05) is 49.0 Å². The molecule has 5 rings (SSSR count). The number of rotatable bonds is 9. The van der Waals surface area contributed by atoms with Gasteiger partial charge in [-0.2, -0.15) is 11.3 Å². The van der Waals surface area contributed by atoms with Crippen LogP contribution in [0.1, 0.15) is 18.1 Å². The van der Waals surface area contributed by atoms with Gasteiger partial charge in [-0.15, -0.1) is 0 Å². The molecule has 0 bridgehead atoms. The summed E-state index contributed by atoms with van der Waals surface area (Å²) in [6.45, 7) is 6.33. The van der Waals surface area contributed by atoms with Gasteiger partial charge in [0.2, 0.25) is 5.91 Å². The second kappa shape index (κ2) is 11.0. The zero-order chi connectivity index (χ0) is 27.5. The summed E-state index contributed by atoms with van der Waals surface area (Å²) in [5, 5.41) is 17.4. The van der Waals surface area contributed by atoms with Gasteiger partial charge in [0.1, 0.15) is 11.3 Å². The minimum Gasteiger partial charge on any atom is -0.465 e. The lowest BCUT2D eigenvalue weighted by Gasteiger charge is -2.20. The normalized spacial score (nSPS) is 11.1. The maximum Gasteiger partial charge on any atom is 0.407 e. The molecule has 3 heterocycles. The number of carboxylic acid groups (broad SMARTS) is 1. The van der Waals surface area contributed by atoms with Crippen molar-refractivity contribution in [3.63, 3.8) is 0 Å². The number of carbonyl (C=O) groups is 2. The Bertz CT molecular complexity index is 1680. The number of aromatic nitrogens is 3. The first kappa shape index (κ1) is 25.9. The van der Waals surface area contributed by atoms with Crippen molar-refractivity contribution in [2.75, 3.05) is 18.8 Å². The van der Waals surface area contributed by atoms with E-state index in [0.717, 1.165) is 38.9 Å². The van der Waals surface area contributed by atoms with Gasteiger partial charge in [0, 0.05) is 48.1 Å². The fourth-order valence-electron chi connectivity index (χ4n) is 4.48. The fraction of sp³-hybridized carbons (Fsp3) is 0.172. The quantitative estimate of drug-likeness (QED) is 0.223. The van der Waals surface area contributed by atoms with Crippen LogP contribution in [0.15, 0.2) is 77.5 Å². The van der Waals surface area contributed by atoms with E-state index < -0.39 is 6.09 Å². The zero-order valence-electron chi connectivity index (χ0n) is 21.4. The summed E-state index contributed by atoms with van der Waals surface area (Å²) in [5.74, 6) is 0.917. The molecule has 4 N–H and O–H groups in total. The minimum atomic E-state index is -1.05. The third-order valence-corrected chi connectivity index (χ3v) is 7.14. The van der Waals surface area contributed by atoms with E-state index in [1.165, 1.54) is 4.90 Å². The van der Waals surface area contributed by atoms with Crippen molar-refractivity contribution in [2.45, 2.75) is 20.0 Å². The molecule has 9 nitrogen and oxygen atoms in total. The Kier molecular flexibility index (Phi) is 7.29. The van der Waals surface area contributed by atoms with Crippen molar-refractivity contribution in [1.82, 2.24) is 24.8 Å². The van der Waals surface area contributed by atoms with Crippen molar-refractivity contribution in [3.05, 3.63) is 88.6 Å². The van der Waals surface area contributed by atoms with Crippen LogP contribution in [0.25, 0.3) is 33.3 Å². The minimum absolute atomic E-state index is 0.170.